The Kier molecular flexibility index (Phi) is 5.67. The van der Waals surface area contributed by atoms with Crippen molar-refractivity contribution in [1.82, 2.24) is 4.90 Å². The maximum atomic E-state index is 10.2. The van der Waals surface area contributed by atoms with Crippen LogP contribution in [0, 0.1) is 17.3 Å². The van der Waals surface area contributed by atoms with Crippen LogP contribution in [0.4, 0.5) is 0 Å². The van der Waals surface area contributed by atoms with E-state index in [1.54, 1.807) is 0 Å². The van der Waals surface area contributed by atoms with E-state index < -0.39 is 0 Å². The first-order valence-corrected chi connectivity index (χ1v) is 7.59. The van der Waals surface area contributed by atoms with Crippen LogP contribution in [-0.4, -0.2) is 35.7 Å². The lowest BCUT2D eigenvalue weighted by molar-refractivity contribution is 0.00200. The van der Waals surface area contributed by atoms with Crippen molar-refractivity contribution in [3.63, 3.8) is 0 Å². The fraction of sp³-hybridized carbons (Fsp3) is 1.00. The number of rotatable bonds is 5. The van der Waals surface area contributed by atoms with E-state index in [1.807, 2.05) is 0 Å². The Hall–Kier alpha value is -0.0800. The largest absolute Gasteiger partial charge is 0.393 e. The third-order valence-corrected chi connectivity index (χ3v) is 4.56. The fourth-order valence-corrected chi connectivity index (χ4v) is 3.32. The minimum absolute atomic E-state index is 0.0910. The predicted molar refractivity (Wildman–Crippen MR) is 78.7 cm³/mol. The zero-order chi connectivity index (χ0) is 13.9. The van der Waals surface area contributed by atoms with Crippen LogP contribution in [0.5, 0.6) is 0 Å². The predicted octanol–water partition coefficient (Wildman–Crippen LogP) is 3.54. The summed E-state index contributed by atoms with van der Waals surface area (Å²) < 4.78 is 0. The second-order valence-corrected chi connectivity index (χ2v) is 7.65. The van der Waals surface area contributed by atoms with Crippen molar-refractivity contribution >= 4 is 0 Å². The van der Waals surface area contributed by atoms with Gasteiger partial charge in [0.05, 0.1) is 6.10 Å². The highest BCUT2D eigenvalue weighted by molar-refractivity contribution is 4.86. The molecule has 1 aliphatic carbocycles. The summed E-state index contributed by atoms with van der Waals surface area (Å²) in [6.07, 6.45) is 4.45. The molecule has 0 aromatic rings. The topological polar surface area (TPSA) is 23.5 Å². The summed E-state index contributed by atoms with van der Waals surface area (Å²) in [4.78, 5) is 2.44. The van der Waals surface area contributed by atoms with Gasteiger partial charge < -0.3 is 10.0 Å². The molecule has 108 valence electrons. The second-order valence-electron chi connectivity index (χ2n) is 7.65. The molecule has 3 unspecified atom stereocenters. The van der Waals surface area contributed by atoms with Crippen molar-refractivity contribution in [3.8, 4) is 0 Å². The lowest BCUT2D eigenvalue weighted by Crippen LogP contribution is -2.42. The summed E-state index contributed by atoms with van der Waals surface area (Å²) in [6, 6.07) is 0.613. The summed E-state index contributed by atoms with van der Waals surface area (Å²) in [7, 11) is 2.21. The maximum Gasteiger partial charge on any atom is 0.0581 e. The minimum Gasteiger partial charge on any atom is -0.393 e. The van der Waals surface area contributed by atoms with Crippen LogP contribution in [0.25, 0.3) is 0 Å². The van der Waals surface area contributed by atoms with Crippen LogP contribution in [-0.2, 0) is 0 Å². The molecule has 1 aliphatic rings. The van der Waals surface area contributed by atoms with Crippen LogP contribution < -0.4 is 0 Å². The number of nitrogens with zero attached hydrogens (tertiary/aromatic N) is 1. The zero-order valence-electron chi connectivity index (χ0n) is 13.2. The molecular weight excluding hydrogens is 222 g/mol. The standard InChI is InChI=1S/C16H33NO/c1-12(2)9-13(3)17(6)11-14-10-16(4,5)8-7-15(14)18/h12-15,18H,7-11H2,1-6H3. The summed E-state index contributed by atoms with van der Waals surface area (Å²) in [6.45, 7) is 12.6. The molecule has 1 N–H and O–H groups in total. The average molecular weight is 255 g/mol. The van der Waals surface area contributed by atoms with Gasteiger partial charge >= 0.3 is 0 Å². The van der Waals surface area contributed by atoms with E-state index in [2.05, 4.69) is 46.6 Å². The number of hydrogen-bond donors (Lipinski definition) is 1. The third kappa shape index (κ3) is 4.89. The molecule has 3 atom stereocenters. The van der Waals surface area contributed by atoms with Gasteiger partial charge in [-0.2, -0.15) is 0 Å². The molecule has 0 aliphatic heterocycles. The molecule has 0 amide bonds. The van der Waals surface area contributed by atoms with Crippen molar-refractivity contribution in [2.75, 3.05) is 13.6 Å². The molecule has 0 bridgehead atoms. The summed E-state index contributed by atoms with van der Waals surface area (Å²) >= 11 is 0. The highest BCUT2D eigenvalue weighted by atomic mass is 16.3. The first-order chi connectivity index (χ1) is 8.21. The summed E-state index contributed by atoms with van der Waals surface area (Å²) in [5, 5.41) is 10.2. The summed E-state index contributed by atoms with van der Waals surface area (Å²) in [5.41, 5.74) is 0.409. The third-order valence-electron chi connectivity index (χ3n) is 4.56. The Balaban J connectivity index is 2.49. The van der Waals surface area contributed by atoms with Gasteiger partial charge in [0, 0.05) is 12.6 Å². The molecule has 0 heterocycles. The van der Waals surface area contributed by atoms with Crippen molar-refractivity contribution in [3.05, 3.63) is 0 Å². The molecule has 0 spiro atoms. The molecule has 0 aromatic carbocycles. The summed E-state index contributed by atoms with van der Waals surface area (Å²) in [5.74, 6) is 1.20. The van der Waals surface area contributed by atoms with Gasteiger partial charge in [0.25, 0.3) is 0 Å². The smallest absolute Gasteiger partial charge is 0.0581 e. The Bertz CT molecular complexity index is 249. The molecule has 2 nitrogen and oxygen atoms in total. The maximum absolute atomic E-state index is 10.2. The van der Waals surface area contributed by atoms with E-state index in [9.17, 15) is 5.11 Å². The molecule has 0 aromatic heterocycles. The van der Waals surface area contributed by atoms with Gasteiger partial charge in [0.1, 0.15) is 0 Å². The van der Waals surface area contributed by atoms with Crippen LogP contribution in [0.15, 0.2) is 0 Å². The van der Waals surface area contributed by atoms with Gasteiger partial charge in [-0.3, -0.25) is 0 Å². The Morgan fingerprint density at radius 1 is 1.28 bits per heavy atom. The first kappa shape index (κ1) is 16.0. The van der Waals surface area contributed by atoms with E-state index in [0.29, 0.717) is 17.4 Å². The fourth-order valence-electron chi connectivity index (χ4n) is 3.32. The normalized spacial score (nSPS) is 29.8. The lowest BCUT2D eigenvalue weighted by atomic mass is 9.70. The zero-order valence-corrected chi connectivity index (χ0v) is 13.2. The van der Waals surface area contributed by atoms with Crippen LogP contribution in [0.3, 0.4) is 0 Å². The lowest BCUT2D eigenvalue weighted by Gasteiger charge is -2.41. The molecular formula is C16H33NO. The quantitative estimate of drug-likeness (QED) is 0.812. The van der Waals surface area contributed by atoms with Gasteiger partial charge in [-0.15, -0.1) is 0 Å². The molecule has 0 radical (unpaired) electrons. The van der Waals surface area contributed by atoms with Crippen molar-refractivity contribution in [2.24, 2.45) is 17.3 Å². The van der Waals surface area contributed by atoms with Crippen LogP contribution >= 0.6 is 0 Å². The molecule has 1 rings (SSSR count). The van der Waals surface area contributed by atoms with E-state index in [-0.39, 0.29) is 6.10 Å². The van der Waals surface area contributed by atoms with Gasteiger partial charge in [0.15, 0.2) is 0 Å². The van der Waals surface area contributed by atoms with Gasteiger partial charge in [0.2, 0.25) is 0 Å². The molecule has 2 heteroatoms. The van der Waals surface area contributed by atoms with Crippen LogP contribution in [0.2, 0.25) is 0 Å². The van der Waals surface area contributed by atoms with Gasteiger partial charge in [-0.05, 0) is 56.9 Å². The van der Waals surface area contributed by atoms with Gasteiger partial charge in [-0.1, -0.05) is 27.7 Å². The van der Waals surface area contributed by atoms with E-state index in [0.717, 1.165) is 31.7 Å². The Labute approximate surface area is 114 Å². The molecule has 18 heavy (non-hydrogen) atoms. The second kappa shape index (κ2) is 6.38. The molecule has 1 fully saturated rings. The SMILES string of the molecule is CC(C)CC(C)N(C)CC1CC(C)(C)CCC1O. The van der Waals surface area contributed by atoms with E-state index >= 15 is 0 Å². The van der Waals surface area contributed by atoms with E-state index in [4.69, 9.17) is 0 Å². The Morgan fingerprint density at radius 3 is 2.44 bits per heavy atom. The van der Waals surface area contributed by atoms with Crippen molar-refractivity contribution in [1.29, 1.82) is 0 Å². The number of aliphatic hydroxyl groups excluding tert-OH is 1. The van der Waals surface area contributed by atoms with Crippen molar-refractivity contribution in [2.45, 2.75) is 72.4 Å². The van der Waals surface area contributed by atoms with Crippen LogP contribution in [0.1, 0.15) is 60.3 Å². The molecule has 0 saturated heterocycles. The average Bonchev–Trinajstić information content (AvgIpc) is 2.22. The highest BCUT2D eigenvalue weighted by Crippen LogP contribution is 2.39. The van der Waals surface area contributed by atoms with Crippen molar-refractivity contribution < 1.29 is 5.11 Å². The monoisotopic (exact) mass is 255 g/mol. The number of aliphatic hydroxyl groups is 1. The van der Waals surface area contributed by atoms with Gasteiger partial charge in [-0.25, -0.2) is 0 Å². The molecule has 1 saturated carbocycles. The van der Waals surface area contributed by atoms with E-state index in [1.165, 1.54) is 6.42 Å². The minimum atomic E-state index is -0.0910. The highest BCUT2D eigenvalue weighted by Gasteiger charge is 2.34. The number of hydrogen-bond acceptors (Lipinski definition) is 2. The Morgan fingerprint density at radius 2 is 1.89 bits per heavy atom. The first-order valence-electron chi connectivity index (χ1n) is 7.59.